The summed E-state index contributed by atoms with van der Waals surface area (Å²) in [5.41, 5.74) is 2.06. The van der Waals surface area contributed by atoms with Gasteiger partial charge in [-0.15, -0.1) is 0 Å². The summed E-state index contributed by atoms with van der Waals surface area (Å²) in [6, 6.07) is 1.87. The Hall–Kier alpha value is -1.36. The van der Waals surface area contributed by atoms with E-state index in [2.05, 4.69) is 15.2 Å². The molecule has 5 heteroatoms. The van der Waals surface area contributed by atoms with Crippen LogP contribution < -0.4 is 0 Å². The third kappa shape index (κ3) is 1.82. The average Bonchev–Trinajstić information content (AvgIpc) is 2.94. The molecule has 3 heterocycles. The smallest absolute Gasteiger partial charge is 0.177 e. The molecule has 0 radical (unpaired) electrons. The second kappa shape index (κ2) is 3.90. The SMILES string of the molecule is Cc1cc(CON=C2CN3CCC2C3)on1. The quantitative estimate of drug-likeness (QED) is 0.719. The minimum Gasteiger partial charge on any atom is -0.387 e. The van der Waals surface area contributed by atoms with E-state index in [1.165, 1.54) is 18.7 Å². The van der Waals surface area contributed by atoms with Crippen LogP contribution >= 0.6 is 0 Å². The second-order valence-corrected chi connectivity index (χ2v) is 4.51. The topological polar surface area (TPSA) is 50.9 Å². The number of hydrogen-bond donors (Lipinski definition) is 0. The molecule has 86 valence electrons. The van der Waals surface area contributed by atoms with Crippen LogP contribution in [0.25, 0.3) is 0 Å². The maximum atomic E-state index is 5.30. The minimum absolute atomic E-state index is 0.372. The Morgan fingerprint density at radius 1 is 1.69 bits per heavy atom. The zero-order valence-corrected chi connectivity index (χ0v) is 9.35. The number of hydrogen-bond acceptors (Lipinski definition) is 5. The minimum atomic E-state index is 0.372. The molecule has 2 saturated heterocycles. The van der Waals surface area contributed by atoms with Crippen LogP contribution in [0.4, 0.5) is 0 Å². The van der Waals surface area contributed by atoms with E-state index in [4.69, 9.17) is 9.36 Å². The maximum absolute atomic E-state index is 5.30. The average molecular weight is 221 g/mol. The predicted molar refractivity (Wildman–Crippen MR) is 58.0 cm³/mol. The van der Waals surface area contributed by atoms with Crippen molar-refractivity contribution in [2.75, 3.05) is 19.6 Å². The molecule has 1 aromatic heterocycles. The molecular formula is C11H15N3O2. The number of aryl methyl sites for hydroxylation is 1. The standard InChI is InChI=1S/C11H15N3O2/c1-8-4-10(16-12-8)7-15-13-11-6-14-3-2-9(11)5-14/h4,9H,2-3,5-7H2,1H3. The van der Waals surface area contributed by atoms with E-state index >= 15 is 0 Å². The molecule has 0 saturated carbocycles. The van der Waals surface area contributed by atoms with Gasteiger partial charge in [0.1, 0.15) is 0 Å². The van der Waals surface area contributed by atoms with E-state index in [1.807, 2.05) is 13.0 Å². The number of oxime groups is 1. The molecule has 0 amide bonds. The van der Waals surface area contributed by atoms with Crippen molar-refractivity contribution in [3.8, 4) is 0 Å². The normalized spacial score (nSPS) is 30.2. The van der Waals surface area contributed by atoms with Gasteiger partial charge in [0.05, 0.1) is 11.4 Å². The Balaban J connectivity index is 1.55. The Labute approximate surface area is 94.0 Å². The Morgan fingerprint density at radius 2 is 2.62 bits per heavy atom. The lowest BCUT2D eigenvalue weighted by atomic mass is 10.0. The van der Waals surface area contributed by atoms with E-state index < -0.39 is 0 Å². The first kappa shape index (κ1) is 9.84. The number of nitrogens with zero attached hydrogens (tertiary/aromatic N) is 3. The first-order chi connectivity index (χ1) is 7.81. The van der Waals surface area contributed by atoms with Crippen LogP contribution in [0.15, 0.2) is 15.7 Å². The lowest BCUT2D eigenvalue weighted by Crippen LogP contribution is -2.23. The van der Waals surface area contributed by atoms with Gasteiger partial charge in [0.2, 0.25) is 0 Å². The molecule has 3 rings (SSSR count). The first-order valence-electron chi connectivity index (χ1n) is 5.64. The molecule has 0 N–H and O–H groups in total. The fourth-order valence-corrected chi connectivity index (χ4v) is 2.37. The summed E-state index contributed by atoms with van der Waals surface area (Å²) in [5.74, 6) is 1.35. The summed E-state index contributed by atoms with van der Waals surface area (Å²) in [5, 5.41) is 7.99. The van der Waals surface area contributed by atoms with E-state index in [9.17, 15) is 0 Å². The van der Waals surface area contributed by atoms with Gasteiger partial charge in [-0.2, -0.15) is 0 Å². The van der Waals surface area contributed by atoms with Crippen molar-refractivity contribution in [2.45, 2.75) is 20.0 Å². The molecule has 2 unspecified atom stereocenters. The molecule has 2 aliphatic heterocycles. The molecule has 2 bridgehead atoms. The number of aromatic nitrogens is 1. The van der Waals surface area contributed by atoms with E-state index in [0.29, 0.717) is 12.5 Å². The van der Waals surface area contributed by atoms with Crippen molar-refractivity contribution >= 4 is 5.71 Å². The van der Waals surface area contributed by atoms with Crippen LogP contribution in [0.3, 0.4) is 0 Å². The highest BCUT2D eigenvalue weighted by atomic mass is 16.6. The van der Waals surface area contributed by atoms with Gasteiger partial charge >= 0.3 is 0 Å². The van der Waals surface area contributed by atoms with Gasteiger partial charge in [0.25, 0.3) is 0 Å². The van der Waals surface area contributed by atoms with Crippen molar-refractivity contribution in [3.05, 3.63) is 17.5 Å². The molecular weight excluding hydrogens is 206 g/mol. The largest absolute Gasteiger partial charge is 0.387 e. The zero-order chi connectivity index (χ0) is 11.0. The van der Waals surface area contributed by atoms with Gasteiger partial charge in [0, 0.05) is 25.1 Å². The highest BCUT2D eigenvalue weighted by Gasteiger charge is 2.35. The van der Waals surface area contributed by atoms with Gasteiger partial charge in [-0.1, -0.05) is 10.3 Å². The molecule has 2 fully saturated rings. The van der Waals surface area contributed by atoms with Gasteiger partial charge in [-0.05, 0) is 19.9 Å². The Morgan fingerprint density at radius 3 is 3.25 bits per heavy atom. The van der Waals surface area contributed by atoms with E-state index in [1.54, 1.807) is 0 Å². The van der Waals surface area contributed by atoms with E-state index in [-0.39, 0.29) is 0 Å². The maximum Gasteiger partial charge on any atom is 0.177 e. The number of piperidine rings is 1. The number of rotatable bonds is 3. The van der Waals surface area contributed by atoms with Crippen LogP contribution in [-0.4, -0.2) is 35.4 Å². The number of fused-ring (bicyclic) bond motifs is 2. The molecule has 2 aliphatic rings. The van der Waals surface area contributed by atoms with E-state index in [0.717, 1.165) is 24.5 Å². The van der Waals surface area contributed by atoms with Crippen molar-refractivity contribution in [3.63, 3.8) is 0 Å². The summed E-state index contributed by atoms with van der Waals surface area (Å²) in [6.45, 7) is 5.61. The summed E-state index contributed by atoms with van der Waals surface area (Å²) in [7, 11) is 0. The summed E-state index contributed by atoms with van der Waals surface area (Å²) in [4.78, 5) is 7.71. The molecule has 0 spiro atoms. The van der Waals surface area contributed by atoms with Crippen LogP contribution in [0, 0.1) is 12.8 Å². The third-order valence-corrected chi connectivity index (χ3v) is 3.19. The van der Waals surface area contributed by atoms with Gasteiger partial charge in [-0.25, -0.2) is 0 Å². The second-order valence-electron chi connectivity index (χ2n) is 4.51. The van der Waals surface area contributed by atoms with Gasteiger partial charge < -0.3 is 9.36 Å². The molecule has 0 aliphatic carbocycles. The molecule has 5 nitrogen and oxygen atoms in total. The van der Waals surface area contributed by atoms with Crippen LogP contribution in [0.2, 0.25) is 0 Å². The van der Waals surface area contributed by atoms with Crippen molar-refractivity contribution in [1.82, 2.24) is 10.1 Å². The monoisotopic (exact) mass is 221 g/mol. The van der Waals surface area contributed by atoms with Crippen LogP contribution in [0.5, 0.6) is 0 Å². The lowest BCUT2D eigenvalue weighted by molar-refractivity contribution is 0.107. The fraction of sp³-hybridized carbons (Fsp3) is 0.636. The summed E-state index contributed by atoms with van der Waals surface area (Å²) >= 11 is 0. The highest BCUT2D eigenvalue weighted by molar-refractivity contribution is 5.91. The molecule has 0 aromatic carbocycles. The molecule has 16 heavy (non-hydrogen) atoms. The lowest BCUT2D eigenvalue weighted by Gasteiger charge is -2.12. The Bertz CT molecular complexity index is 413. The van der Waals surface area contributed by atoms with Gasteiger partial charge in [0.15, 0.2) is 12.4 Å². The highest BCUT2D eigenvalue weighted by Crippen LogP contribution is 2.25. The zero-order valence-electron chi connectivity index (χ0n) is 9.35. The Kier molecular flexibility index (Phi) is 2.40. The summed E-state index contributed by atoms with van der Waals surface area (Å²) < 4.78 is 5.04. The van der Waals surface area contributed by atoms with Crippen LogP contribution in [-0.2, 0) is 11.4 Å². The van der Waals surface area contributed by atoms with Crippen molar-refractivity contribution in [1.29, 1.82) is 0 Å². The van der Waals surface area contributed by atoms with Crippen LogP contribution in [0.1, 0.15) is 17.9 Å². The fourth-order valence-electron chi connectivity index (χ4n) is 2.37. The van der Waals surface area contributed by atoms with Crippen molar-refractivity contribution in [2.24, 2.45) is 11.1 Å². The molecule has 1 aromatic rings. The predicted octanol–water partition coefficient (Wildman–Crippen LogP) is 1.19. The van der Waals surface area contributed by atoms with Gasteiger partial charge in [-0.3, -0.25) is 4.90 Å². The first-order valence-corrected chi connectivity index (χ1v) is 5.64. The van der Waals surface area contributed by atoms with Crippen molar-refractivity contribution < 1.29 is 9.36 Å². The third-order valence-electron chi connectivity index (χ3n) is 3.19. The molecule has 2 atom stereocenters. The summed E-state index contributed by atoms with van der Waals surface area (Å²) in [6.07, 6.45) is 1.23.